The van der Waals surface area contributed by atoms with Gasteiger partial charge in [0.15, 0.2) is 0 Å². The Kier molecular flexibility index (Phi) is 3.08. The van der Waals surface area contributed by atoms with Crippen LogP contribution < -0.4 is 10.6 Å². The average Bonchev–Trinajstić information content (AvgIpc) is 3.21. The Morgan fingerprint density at radius 1 is 1.18 bits per heavy atom. The van der Waals surface area contributed by atoms with Crippen molar-refractivity contribution in [2.75, 3.05) is 10.6 Å². The van der Waals surface area contributed by atoms with Gasteiger partial charge in [0.05, 0.1) is 35.3 Å². The van der Waals surface area contributed by atoms with Crippen molar-refractivity contribution in [2.45, 2.75) is 6.17 Å². The maximum absolute atomic E-state index is 4.97. The van der Waals surface area contributed by atoms with E-state index in [-0.39, 0.29) is 6.17 Å². The predicted molar refractivity (Wildman–Crippen MR) is 91.5 cm³/mol. The number of benzene rings is 1. The average molecular weight is 307 g/mol. The molecule has 4 rings (SSSR count). The van der Waals surface area contributed by atoms with Crippen LogP contribution in [0.15, 0.2) is 55.2 Å². The van der Waals surface area contributed by atoms with E-state index in [0.29, 0.717) is 0 Å². The summed E-state index contributed by atoms with van der Waals surface area (Å²) in [7, 11) is 0. The van der Waals surface area contributed by atoms with Gasteiger partial charge in [-0.1, -0.05) is 18.3 Å². The van der Waals surface area contributed by atoms with Gasteiger partial charge in [0.2, 0.25) is 0 Å². The fraction of sp³-hybridized carbons (Fsp3) is 0.0625. The number of hydrogen-bond acceptors (Lipinski definition) is 5. The van der Waals surface area contributed by atoms with Gasteiger partial charge in [0.25, 0.3) is 0 Å². The smallest absolute Gasteiger partial charge is 0.126 e. The Morgan fingerprint density at radius 2 is 2.09 bits per heavy atom. The van der Waals surface area contributed by atoms with Gasteiger partial charge in [-0.3, -0.25) is 4.98 Å². The molecule has 6 heteroatoms. The summed E-state index contributed by atoms with van der Waals surface area (Å²) < 4.78 is 1.96. The molecule has 22 heavy (non-hydrogen) atoms. The number of imidazole rings is 1. The van der Waals surface area contributed by atoms with E-state index < -0.39 is 0 Å². The van der Waals surface area contributed by atoms with Crippen LogP contribution in [0.2, 0.25) is 0 Å². The van der Waals surface area contributed by atoms with Gasteiger partial charge in [-0.05, 0) is 24.3 Å². The van der Waals surface area contributed by atoms with E-state index in [9.17, 15) is 0 Å². The molecular weight excluding hydrogens is 294 g/mol. The predicted octanol–water partition coefficient (Wildman–Crippen LogP) is 3.10. The molecule has 0 spiro atoms. The van der Waals surface area contributed by atoms with Crippen molar-refractivity contribution in [1.29, 1.82) is 0 Å². The second kappa shape index (κ2) is 5.23. The summed E-state index contributed by atoms with van der Waals surface area (Å²) in [5.41, 5.74) is 5.06. The maximum atomic E-state index is 4.97. The topological polar surface area (TPSA) is 54.8 Å². The van der Waals surface area contributed by atoms with Crippen molar-refractivity contribution in [3.63, 3.8) is 0 Å². The zero-order chi connectivity index (χ0) is 14.9. The van der Waals surface area contributed by atoms with Crippen LogP contribution >= 0.6 is 12.2 Å². The molecule has 3 aromatic rings. The molecule has 5 nitrogen and oxygen atoms in total. The lowest BCUT2D eigenvalue weighted by atomic mass is 10.1. The molecular formula is C16H13N5S. The van der Waals surface area contributed by atoms with Gasteiger partial charge in [-0.15, -0.1) is 0 Å². The normalized spacial score (nSPS) is 15.7. The van der Waals surface area contributed by atoms with Crippen LogP contribution in [0.4, 0.5) is 11.4 Å². The van der Waals surface area contributed by atoms with E-state index in [0.717, 1.165) is 28.3 Å². The van der Waals surface area contributed by atoms with Crippen LogP contribution in [0.5, 0.6) is 0 Å². The SMILES string of the molecule is S=CC1Nc2ccc(-c3cn(-c4cccnc4)cn3)cc2N1. The van der Waals surface area contributed by atoms with E-state index in [1.807, 2.05) is 35.2 Å². The first-order valence-electron chi connectivity index (χ1n) is 6.91. The van der Waals surface area contributed by atoms with Gasteiger partial charge in [-0.25, -0.2) is 4.98 Å². The van der Waals surface area contributed by atoms with E-state index >= 15 is 0 Å². The lowest BCUT2D eigenvalue weighted by molar-refractivity contribution is 1.04. The first-order chi connectivity index (χ1) is 10.8. The molecule has 0 radical (unpaired) electrons. The number of aromatic nitrogens is 3. The fourth-order valence-corrected chi connectivity index (χ4v) is 2.64. The molecule has 1 aliphatic rings. The summed E-state index contributed by atoms with van der Waals surface area (Å²) in [4.78, 5) is 8.61. The third-order valence-electron chi connectivity index (χ3n) is 3.60. The molecule has 0 aliphatic carbocycles. The molecule has 2 N–H and O–H groups in total. The Hall–Kier alpha value is -2.73. The minimum atomic E-state index is 0.00759. The van der Waals surface area contributed by atoms with Crippen molar-refractivity contribution >= 4 is 29.0 Å². The number of rotatable bonds is 3. The van der Waals surface area contributed by atoms with E-state index in [4.69, 9.17) is 12.2 Å². The van der Waals surface area contributed by atoms with E-state index in [2.05, 4.69) is 32.7 Å². The van der Waals surface area contributed by atoms with Crippen LogP contribution in [0.25, 0.3) is 16.9 Å². The van der Waals surface area contributed by atoms with Gasteiger partial charge >= 0.3 is 0 Å². The maximum Gasteiger partial charge on any atom is 0.126 e. The lowest BCUT2D eigenvalue weighted by Gasteiger charge is -2.03. The monoisotopic (exact) mass is 307 g/mol. The van der Waals surface area contributed by atoms with Gasteiger partial charge < -0.3 is 15.2 Å². The number of thiocarbonyl (C=S) groups is 1. The molecule has 0 fully saturated rings. The van der Waals surface area contributed by atoms with Crippen LogP contribution in [0, 0.1) is 0 Å². The van der Waals surface area contributed by atoms with Crippen molar-refractivity contribution < 1.29 is 0 Å². The summed E-state index contributed by atoms with van der Waals surface area (Å²) >= 11 is 4.97. The second-order valence-corrected chi connectivity index (χ2v) is 5.31. The van der Waals surface area contributed by atoms with Crippen LogP contribution in [-0.2, 0) is 0 Å². The van der Waals surface area contributed by atoms with Crippen LogP contribution in [-0.4, -0.2) is 26.1 Å². The van der Waals surface area contributed by atoms with Crippen molar-refractivity contribution in [3.8, 4) is 16.9 Å². The minimum Gasteiger partial charge on any atom is -0.360 e. The third kappa shape index (κ3) is 2.23. The lowest BCUT2D eigenvalue weighted by Crippen LogP contribution is -2.22. The summed E-state index contributed by atoms with van der Waals surface area (Å²) in [5, 5.41) is 8.28. The van der Waals surface area contributed by atoms with E-state index in [1.54, 1.807) is 17.9 Å². The number of fused-ring (bicyclic) bond motifs is 1. The highest BCUT2D eigenvalue weighted by molar-refractivity contribution is 7.79. The van der Waals surface area contributed by atoms with Crippen LogP contribution in [0.1, 0.15) is 0 Å². The molecule has 0 bridgehead atoms. The Bertz CT molecular complexity index is 828. The number of nitrogens with one attached hydrogen (secondary N) is 2. The van der Waals surface area contributed by atoms with E-state index in [1.165, 1.54) is 0 Å². The number of pyridine rings is 1. The Labute approximate surface area is 133 Å². The highest BCUT2D eigenvalue weighted by Crippen LogP contribution is 2.32. The van der Waals surface area contributed by atoms with Crippen molar-refractivity contribution in [3.05, 3.63) is 55.2 Å². The number of nitrogens with zero attached hydrogens (tertiary/aromatic N) is 3. The molecule has 0 saturated carbocycles. The second-order valence-electron chi connectivity index (χ2n) is 5.04. The number of hydrogen-bond donors (Lipinski definition) is 2. The summed E-state index contributed by atoms with van der Waals surface area (Å²) in [6.07, 6.45) is 7.37. The zero-order valence-electron chi connectivity index (χ0n) is 11.6. The van der Waals surface area contributed by atoms with Gasteiger partial charge in [0.1, 0.15) is 6.17 Å². The van der Waals surface area contributed by atoms with Crippen LogP contribution in [0.3, 0.4) is 0 Å². The molecule has 1 atom stereocenters. The van der Waals surface area contributed by atoms with Crippen molar-refractivity contribution in [2.24, 2.45) is 0 Å². The molecule has 1 unspecified atom stereocenters. The molecule has 2 aromatic heterocycles. The minimum absolute atomic E-state index is 0.00759. The first-order valence-corrected chi connectivity index (χ1v) is 7.38. The summed E-state index contributed by atoms with van der Waals surface area (Å²) in [5.74, 6) is 0. The quantitative estimate of drug-likeness (QED) is 0.728. The molecule has 108 valence electrons. The number of anilines is 2. The summed E-state index contributed by atoms with van der Waals surface area (Å²) in [6, 6.07) is 10.1. The summed E-state index contributed by atoms with van der Waals surface area (Å²) in [6.45, 7) is 0. The molecule has 0 amide bonds. The highest BCUT2D eigenvalue weighted by atomic mass is 32.1. The highest BCUT2D eigenvalue weighted by Gasteiger charge is 2.18. The van der Waals surface area contributed by atoms with Crippen molar-refractivity contribution in [1.82, 2.24) is 14.5 Å². The molecule has 0 saturated heterocycles. The standard InChI is InChI=1S/C16H13N5S/c22-9-16-19-13-4-3-11(6-14(13)20-16)15-8-21(10-18-15)12-2-1-5-17-7-12/h1-10,16,19-20H. The Balaban J connectivity index is 1.67. The first kappa shape index (κ1) is 13.0. The zero-order valence-corrected chi connectivity index (χ0v) is 12.4. The molecule has 1 aromatic carbocycles. The van der Waals surface area contributed by atoms with Gasteiger partial charge in [0, 0.05) is 23.3 Å². The van der Waals surface area contributed by atoms with Gasteiger partial charge in [-0.2, -0.15) is 0 Å². The molecule has 1 aliphatic heterocycles. The molecule has 3 heterocycles. The largest absolute Gasteiger partial charge is 0.360 e. The Morgan fingerprint density at radius 3 is 2.91 bits per heavy atom. The fourth-order valence-electron chi connectivity index (χ4n) is 2.51. The third-order valence-corrected chi connectivity index (χ3v) is 3.87.